The Bertz CT molecular complexity index is 391. The number of benzene rings is 1. The molecule has 3 heteroatoms. The van der Waals surface area contributed by atoms with Crippen molar-refractivity contribution in [3.63, 3.8) is 0 Å². The number of para-hydroxylation sites is 1. The maximum absolute atomic E-state index is 6.04. The summed E-state index contributed by atoms with van der Waals surface area (Å²) in [6.07, 6.45) is 2.66. The smallest absolute Gasteiger partial charge is 0.119 e. The Hall–Kier alpha value is -1.06. The van der Waals surface area contributed by atoms with Gasteiger partial charge in [0.05, 0.1) is 12.7 Å². The SMILES string of the molecule is CCNC1C(OCCOc2ccccc2)CCC1(C)C. The molecule has 3 nitrogen and oxygen atoms in total. The minimum Gasteiger partial charge on any atom is -0.491 e. The van der Waals surface area contributed by atoms with Crippen molar-refractivity contribution in [3.8, 4) is 5.75 Å². The van der Waals surface area contributed by atoms with Crippen molar-refractivity contribution in [2.24, 2.45) is 5.41 Å². The van der Waals surface area contributed by atoms with Gasteiger partial charge in [0.1, 0.15) is 12.4 Å². The van der Waals surface area contributed by atoms with E-state index in [1.54, 1.807) is 0 Å². The third-order valence-electron chi connectivity index (χ3n) is 4.14. The van der Waals surface area contributed by atoms with Crippen LogP contribution in [0, 0.1) is 5.41 Å². The quantitative estimate of drug-likeness (QED) is 0.776. The summed E-state index contributed by atoms with van der Waals surface area (Å²) in [6.45, 7) is 9.06. The molecular formula is C17H27NO2. The van der Waals surface area contributed by atoms with Crippen molar-refractivity contribution in [1.82, 2.24) is 5.32 Å². The van der Waals surface area contributed by atoms with Crippen LogP contribution in [0.4, 0.5) is 0 Å². The molecule has 20 heavy (non-hydrogen) atoms. The number of rotatable bonds is 7. The average molecular weight is 277 g/mol. The maximum Gasteiger partial charge on any atom is 0.119 e. The predicted octanol–water partition coefficient (Wildman–Crippen LogP) is 3.25. The van der Waals surface area contributed by atoms with Crippen LogP contribution in [-0.2, 0) is 4.74 Å². The Kier molecular flexibility index (Phi) is 5.44. The van der Waals surface area contributed by atoms with Gasteiger partial charge in [0.15, 0.2) is 0 Å². The summed E-state index contributed by atoms with van der Waals surface area (Å²) < 4.78 is 11.7. The van der Waals surface area contributed by atoms with Gasteiger partial charge in [-0.05, 0) is 36.9 Å². The van der Waals surface area contributed by atoms with E-state index in [4.69, 9.17) is 9.47 Å². The van der Waals surface area contributed by atoms with Gasteiger partial charge in [0, 0.05) is 6.04 Å². The number of likely N-dealkylation sites (N-methyl/N-ethyl adjacent to an activating group) is 1. The van der Waals surface area contributed by atoms with Crippen LogP contribution in [0.1, 0.15) is 33.6 Å². The van der Waals surface area contributed by atoms with Gasteiger partial charge in [-0.2, -0.15) is 0 Å². The van der Waals surface area contributed by atoms with Crippen molar-refractivity contribution < 1.29 is 9.47 Å². The first kappa shape index (κ1) is 15.3. The molecule has 1 aliphatic rings. The maximum atomic E-state index is 6.04. The topological polar surface area (TPSA) is 30.5 Å². The Morgan fingerprint density at radius 3 is 2.65 bits per heavy atom. The van der Waals surface area contributed by atoms with Gasteiger partial charge in [0.2, 0.25) is 0 Å². The first-order valence-corrected chi connectivity index (χ1v) is 7.66. The third kappa shape index (κ3) is 3.97. The Morgan fingerprint density at radius 2 is 1.95 bits per heavy atom. The van der Waals surface area contributed by atoms with Crippen molar-refractivity contribution in [3.05, 3.63) is 30.3 Å². The van der Waals surface area contributed by atoms with Crippen LogP contribution < -0.4 is 10.1 Å². The molecule has 2 unspecified atom stereocenters. The lowest BCUT2D eigenvalue weighted by Crippen LogP contribution is -2.45. The van der Waals surface area contributed by atoms with E-state index in [0.29, 0.717) is 30.8 Å². The molecule has 0 aromatic heterocycles. The lowest BCUT2D eigenvalue weighted by molar-refractivity contribution is 0.0123. The second kappa shape index (κ2) is 7.09. The summed E-state index contributed by atoms with van der Waals surface area (Å²) in [6, 6.07) is 10.4. The molecule has 1 aromatic carbocycles. The molecule has 0 saturated heterocycles. The van der Waals surface area contributed by atoms with Gasteiger partial charge < -0.3 is 14.8 Å². The highest BCUT2D eigenvalue weighted by Gasteiger charge is 2.41. The van der Waals surface area contributed by atoms with Gasteiger partial charge in [0.25, 0.3) is 0 Å². The van der Waals surface area contributed by atoms with Gasteiger partial charge in [-0.25, -0.2) is 0 Å². The van der Waals surface area contributed by atoms with Gasteiger partial charge in [-0.3, -0.25) is 0 Å². The first-order valence-electron chi connectivity index (χ1n) is 7.66. The van der Waals surface area contributed by atoms with Crippen molar-refractivity contribution in [2.75, 3.05) is 19.8 Å². The normalized spacial score (nSPS) is 24.8. The highest BCUT2D eigenvalue weighted by atomic mass is 16.5. The summed E-state index contributed by atoms with van der Waals surface area (Å²) in [7, 11) is 0. The molecule has 1 fully saturated rings. The van der Waals surface area contributed by atoms with Crippen molar-refractivity contribution in [1.29, 1.82) is 0 Å². The van der Waals surface area contributed by atoms with Crippen LogP contribution in [0.25, 0.3) is 0 Å². The van der Waals surface area contributed by atoms with Crippen molar-refractivity contribution >= 4 is 0 Å². The molecule has 1 saturated carbocycles. The summed E-state index contributed by atoms with van der Waals surface area (Å²) in [5.41, 5.74) is 0.320. The monoisotopic (exact) mass is 277 g/mol. The van der Waals surface area contributed by atoms with Crippen LogP contribution in [0.5, 0.6) is 5.75 Å². The van der Waals surface area contributed by atoms with E-state index >= 15 is 0 Å². The van der Waals surface area contributed by atoms with E-state index in [1.165, 1.54) is 6.42 Å². The number of nitrogens with one attached hydrogen (secondary N) is 1. The lowest BCUT2D eigenvalue weighted by Gasteiger charge is -2.31. The fraction of sp³-hybridized carbons (Fsp3) is 0.647. The van der Waals surface area contributed by atoms with E-state index in [0.717, 1.165) is 18.7 Å². The zero-order valence-electron chi connectivity index (χ0n) is 12.9. The third-order valence-corrected chi connectivity index (χ3v) is 4.14. The van der Waals surface area contributed by atoms with E-state index in [-0.39, 0.29) is 0 Å². The first-order chi connectivity index (χ1) is 9.63. The zero-order chi connectivity index (χ0) is 14.4. The number of hydrogen-bond acceptors (Lipinski definition) is 3. The van der Waals surface area contributed by atoms with Crippen LogP contribution in [-0.4, -0.2) is 31.9 Å². The minimum atomic E-state index is 0.310. The van der Waals surface area contributed by atoms with Crippen LogP contribution in [0.15, 0.2) is 30.3 Å². The predicted molar refractivity (Wildman–Crippen MR) is 82.2 cm³/mol. The van der Waals surface area contributed by atoms with Crippen LogP contribution >= 0.6 is 0 Å². The lowest BCUT2D eigenvalue weighted by atomic mass is 9.87. The van der Waals surface area contributed by atoms with Gasteiger partial charge in [-0.1, -0.05) is 39.0 Å². The molecule has 112 valence electrons. The zero-order valence-corrected chi connectivity index (χ0v) is 12.9. The molecule has 0 aliphatic heterocycles. The molecule has 1 aliphatic carbocycles. The van der Waals surface area contributed by atoms with Crippen molar-refractivity contribution in [2.45, 2.75) is 45.8 Å². The molecule has 0 amide bonds. The molecule has 2 rings (SSSR count). The van der Waals surface area contributed by atoms with E-state index < -0.39 is 0 Å². The molecule has 0 heterocycles. The molecule has 0 spiro atoms. The largest absolute Gasteiger partial charge is 0.491 e. The average Bonchev–Trinajstić information content (AvgIpc) is 2.73. The second-order valence-corrected chi connectivity index (χ2v) is 6.13. The Labute approximate surface area is 122 Å². The summed E-state index contributed by atoms with van der Waals surface area (Å²) >= 11 is 0. The molecule has 0 bridgehead atoms. The number of hydrogen-bond donors (Lipinski definition) is 1. The fourth-order valence-electron chi connectivity index (χ4n) is 3.02. The van der Waals surface area contributed by atoms with Gasteiger partial charge in [-0.15, -0.1) is 0 Å². The Balaban J connectivity index is 1.73. The Morgan fingerprint density at radius 1 is 1.20 bits per heavy atom. The standard InChI is InChI=1S/C17H27NO2/c1-4-18-16-15(10-11-17(16,2)3)20-13-12-19-14-8-6-5-7-9-14/h5-9,15-16,18H,4,10-13H2,1-3H3. The van der Waals surface area contributed by atoms with Crippen LogP contribution in [0.2, 0.25) is 0 Å². The number of ether oxygens (including phenoxy) is 2. The molecule has 0 radical (unpaired) electrons. The van der Waals surface area contributed by atoms with Gasteiger partial charge >= 0.3 is 0 Å². The minimum absolute atomic E-state index is 0.310. The highest BCUT2D eigenvalue weighted by molar-refractivity contribution is 5.20. The van der Waals surface area contributed by atoms with E-state index in [9.17, 15) is 0 Å². The summed E-state index contributed by atoms with van der Waals surface area (Å²) in [4.78, 5) is 0. The highest BCUT2D eigenvalue weighted by Crippen LogP contribution is 2.38. The molecular weight excluding hydrogens is 250 g/mol. The van der Waals surface area contributed by atoms with E-state index in [2.05, 4.69) is 26.1 Å². The fourth-order valence-corrected chi connectivity index (χ4v) is 3.02. The van der Waals surface area contributed by atoms with E-state index in [1.807, 2.05) is 30.3 Å². The molecule has 2 atom stereocenters. The van der Waals surface area contributed by atoms with Crippen LogP contribution in [0.3, 0.4) is 0 Å². The molecule has 1 N–H and O–H groups in total. The molecule has 1 aromatic rings. The second-order valence-electron chi connectivity index (χ2n) is 6.13. The summed E-state index contributed by atoms with van der Waals surface area (Å²) in [5, 5.41) is 3.58. The summed E-state index contributed by atoms with van der Waals surface area (Å²) in [5.74, 6) is 0.908.